The number of alkyl halides is 3. The van der Waals surface area contributed by atoms with Gasteiger partial charge in [-0.25, -0.2) is 14.8 Å². The number of anilines is 1. The third-order valence-electron chi connectivity index (χ3n) is 6.29. The molecule has 0 aliphatic carbocycles. The average molecular weight is 611 g/mol. The van der Waals surface area contributed by atoms with Crippen LogP contribution >= 0.6 is 0 Å². The second-order valence-electron chi connectivity index (χ2n) is 9.42. The molecule has 230 valence electrons. The van der Waals surface area contributed by atoms with Crippen LogP contribution in [0, 0.1) is 0 Å². The lowest BCUT2D eigenvalue weighted by Gasteiger charge is -2.17. The minimum atomic E-state index is -4.63. The fraction of sp³-hybridized carbons (Fsp3) is 0.258. The molecule has 3 N–H and O–H groups in total. The van der Waals surface area contributed by atoms with Crippen LogP contribution in [0.2, 0.25) is 0 Å². The first-order valence-corrected chi connectivity index (χ1v) is 13.6. The molecule has 3 aromatic carbocycles. The first-order valence-electron chi connectivity index (χ1n) is 13.6. The number of esters is 2. The second kappa shape index (κ2) is 13.8. The topological polar surface area (TPSA) is 143 Å². The van der Waals surface area contributed by atoms with Crippen LogP contribution in [0.3, 0.4) is 0 Å². The van der Waals surface area contributed by atoms with Gasteiger partial charge < -0.3 is 25.3 Å². The van der Waals surface area contributed by atoms with Crippen LogP contribution in [0.25, 0.3) is 22.3 Å². The number of carbonyl (C=O) groups excluding carboxylic acids is 3. The summed E-state index contributed by atoms with van der Waals surface area (Å²) < 4.78 is 56.2. The number of benzene rings is 3. The van der Waals surface area contributed by atoms with Gasteiger partial charge in [0.15, 0.2) is 0 Å². The molecular weight excluding hydrogens is 581 g/mol. The van der Waals surface area contributed by atoms with Crippen LogP contribution in [-0.4, -0.2) is 47.1 Å². The molecule has 0 fully saturated rings. The summed E-state index contributed by atoms with van der Waals surface area (Å²) in [4.78, 5) is 45.9. The van der Waals surface area contributed by atoms with Crippen LogP contribution in [0.15, 0.2) is 66.7 Å². The summed E-state index contributed by atoms with van der Waals surface area (Å²) in [5, 5.41) is 2.58. The lowest BCUT2D eigenvalue weighted by Crippen LogP contribution is -2.42. The molecule has 0 bridgehead atoms. The predicted molar refractivity (Wildman–Crippen MR) is 155 cm³/mol. The van der Waals surface area contributed by atoms with Crippen molar-refractivity contribution in [2.24, 2.45) is 0 Å². The number of nitrogens with one attached hydrogen (secondary N) is 1. The maximum absolute atomic E-state index is 13.4. The highest BCUT2D eigenvalue weighted by atomic mass is 19.4. The highest BCUT2D eigenvalue weighted by molar-refractivity contribution is 5.97. The van der Waals surface area contributed by atoms with Crippen LogP contribution in [0.4, 0.5) is 18.9 Å². The number of amides is 1. The molecule has 1 aromatic heterocycles. The molecule has 1 amide bonds. The molecule has 0 aliphatic heterocycles. The van der Waals surface area contributed by atoms with Crippen molar-refractivity contribution in [3.05, 3.63) is 77.9 Å². The molecule has 4 aromatic rings. The van der Waals surface area contributed by atoms with Gasteiger partial charge in [-0.05, 0) is 56.7 Å². The number of nitrogens with two attached hydrogens (primary N) is 1. The Bertz CT molecular complexity index is 1650. The SMILES string of the molecule is CCOC(=O)CCC(NC(=O)c1ccc(Oc2nc3c(N)cc(C(F)(F)F)cc3nc2-c2ccccc2)cc1)C(=O)OCC. The van der Waals surface area contributed by atoms with Crippen LogP contribution < -0.4 is 15.8 Å². The number of aromatic nitrogens is 2. The number of hydrogen-bond acceptors (Lipinski definition) is 9. The molecule has 10 nitrogen and oxygen atoms in total. The lowest BCUT2D eigenvalue weighted by molar-refractivity contribution is -0.147. The maximum Gasteiger partial charge on any atom is 0.416 e. The largest absolute Gasteiger partial charge is 0.466 e. The van der Waals surface area contributed by atoms with E-state index in [2.05, 4.69) is 15.3 Å². The zero-order valence-corrected chi connectivity index (χ0v) is 23.8. The van der Waals surface area contributed by atoms with Gasteiger partial charge in [-0.3, -0.25) is 9.59 Å². The van der Waals surface area contributed by atoms with Crippen molar-refractivity contribution < 1.29 is 41.8 Å². The van der Waals surface area contributed by atoms with Gasteiger partial charge in [-0.15, -0.1) is 0 Å². The van der Waals surface area contributed by atoms with Crippen molar-refractivity contribution in [2.75, 3.05) is 18.9 Å². The Balaban J connectivity index is 1.59. The van der Waals surface area contributed by atoms with Gasteiger partial charge in [0, 0.05) is 17.5 Å². The van der Waals surface area contributed by atoms with E-state index in [9.17, 15) is 27.6 Å². The van der Waals surface area contributed by atoms with Crippen molar-refractivity contribution in [3.8, 4) is 22.9 Å². The highest BCUT2D eigenvalue weighted by Gasteiger charge is 2.32. The molecule has 0 spiro atoms. The number of nitrogens with zero attached hydrogens (tertiary/aromatic N) is 2. The monoisotopic (exact) mass is 610 g/mol. The van der Waals surface area contributed by atoms with Crippen molar-refractivity contribution in [1.29, 1.82) is 0 Å². The van der Waals surface area contributed by atoms with E-state index in [1.54, 1.807) is 44.2 Å². The minimum absolute atomic E-state index is 0.0128. The van der Waals surface area contributed by atoms with E-state index in [4.69, 9.17) is 19.9 Å². The van der Waals surface area contributed by atoms with E-state index in [1.807, 2.05) is 0 Å². The number of hydrogen-bond donors (Lipinski definition) is 2. The van der Waals surface area contributed by atoms with Gasteiger partial charge in [0.2, 0.25) is 5.88 Å². The van der Waals surface area contributed by atoms with Crippen molar-refractivity contribution >= 4 is 34.6 Å². The van der Waals surface area contributed by atoms with Gasteiger partial charge in [0.25, 0.3) is 5.91 Å². The molecule has 1 atom stereocenters. The summed E-state index contributed by atoms with van der Waals surface area (Å²) >= 11 is 0. The number of ether oxygens (including phenoxy) is 3. The number of nitrogen functional groups attached to an aromatic ring is 1. The van der Waals surface area contributed by atoms with E-state index in [0.29, 0.717) is 5.56 Å². The smallest absolute Gasteiger partial charge is 0.416 e. The van der Waals surface area contributed by atoms with E-state index in [1.165, 1.54) is 24.3 Å². The van der Waals surface area contributed by atoms with E-state index in [-0.39, 0.29) is 65.7 Å². The Morgan fingerprint density at radius 1 is 0.932 bits per heavy atom. The van der Waals surface area contributed by atoms with Gasteiger partial charge in [0.1, 0.15) is 23.0 Å². The molecule has 0 saturated heterocycles. The fourth-order valence-electron chi connectivity index (χ4n) is 4.20. The van der Waals surface area contributed by atoms with Gasteiger partial charge in [0.05, 0.1) is 30.0 Å². The minimum Gasteiger partial charge on any atom is -0.466 e. The summed E-state index contributed by atoms with van der Waals surface area (Å²) in [5.74, 6) is -1.57. The summed E-state index contributed by atoms with van der Waals surface area (Å²) in [7, 11) is 0. The van der Waals surface area contributed by atoms with Crippen LogP contribution in [0.5, 0.6) is 11.6 Å². The summed E-state index contributed by atoms with van der Waals surface area (Å²) in [5.41, 5.74) is 5.61. The van der Waals surface area contributed by atoms with Gasteiger partial charge in [-0.1, -0.05) is 30.3 Å². The standard InChI is InChI=1S/C31H29F3N4O6/c1-3-42-25(39)15-14-23(30(41)43-4-2)37-28(40)19-10-12-21(13-11-19)44-29-26(18-8-6-5-7-9-18)36-24-17-20(31(32,33)34)16-22(35)27(24)38-29/h5-13,16-17,23H,3-4,14-15,35H2,1-2H3,(H,37,40). The summed E-state index contributed by atoms with van der Waals surface area (Å²) in [6.07, 6.45) is -4.73. The Morgan fingerprint density at radius 3 is 2.25 bits per heavy atom. The van der Waals surface area contributed by atoms with Gasteiger partial charge in [-0.2, -0.15) is 13.2 Å². The Morgan fingerprint density at radius 2 is 1.61 bits per heavy atom. The summed E-state index contributed by atoms with van der Waals surface area (Å²) in [6.45, 7) is 3.56. The lowest BCUT2D eigenvalue weighted by atomic mass is 10.1. The van der Waals surface area contributed by atoms with Crippen molar-refractivity contribution in [1.82, 2.24) is 15.3 Å². The fourth-order valence-corrected chi connectivity index (χ4v) is 4.20. The predicted octanol–water partition coefficient (Wildman–Crippen LogP) is 5.69. The Hall–Kier alpha value is -5.20. The molecule has 0 aliphatic rings. The first kappa shape index (κ1) is 31.7. The number of rotatable bonds is 11. The van der Waals surface area contributed by atoms with Crippen LogP contribution in [0.1, 0.15) is 42.6 Å². The molecule has 1 heterocycles. The van der Waals surface area contributed by atoms with E-state index >= 15 is 0 Å². The maximum atomic E-state index is 13.4. The molecule has 1 unspecified atom stereocenters. The van der Waals surface area contributed by atoms with Crippen LogP contribution in [-0.2, 0) is 25.2 Å². The third-order valence-corrected chi connectivity index (χ3v) is 6.29. The number of fused-ring (bicyclic) bond motifs is 1. The van der Waals surface area contributed by atoms with E-state index < -0.39 is 35.6 Å². The zero-order chi connectivity index (χ0) is 31.9. The quantitative estimate of drug-likeness (QED) is 0.162. The normalized spacial score (nSPS) is 11.9. The molecule has 4 rings (SSSR count). The molecule has 44 heavy (non-hydrogen) atoms. The van der Waals surface area contributed by atoms with Crippen molar-refractivity contribution in [3.63, 3.8) is 0 Å². The number of carbonyl (C=O) groups is 3. The van der Waals surface area contributed by atoms with Crippen molar-refractivity contribution in [2.45, 2.75) is 38.9 Å². The molecule has 13 heteroatoms. The third kappa shape index (κ3) is 7.79. The zero-order valence-electron chi connectivity index (χ0n) is 23.8. The Labute approximate surface area is 250 Å². The second-order valence-corrected chi connectivity index (χ2v) is 9.42. The first-order chi connectivity index (χ1) is 21.0. The highest BCUT2D eigenvalue weighted by Crippen LogP contribution is 2.37. The molecular formula is C31H29F3N4O6. The molecule has 0 saturated carbocycles. The average Bonchev–Trinajstić information content (AvgIpc) is 2.99. The molecule has 0 radical (unpaired) electrons. The van der Waals surface area contributed by atoms with E-state index in [0.717, 1.165) is 12.1 Å². The van der Waals surface area contributed by atoms with Gasteiger partial charge >= 0.3 is 18.1 Å². The Kier molecular flexibility index (Phi) is 9.99. The number of halogens is 3. The summed E-state index contributed by atoms with van der Waals surface area (Å²) in [6, 6.07) is 15.1.